The second-order valence-electron chi connectivity index (χ2n) is 11.3. The number of ether oxygens (including phenoxy) is 1. The van der Waals surface area contributed by atoms with Gasteiger partial charge in [-0.05, 0) is 79.9 Å². The molecule has 0 saturated heterocycles. The molecule has 0 aromatic heterocycles. The van der Waals surface area contributed by atoms with Crippen LogP contribution in [-0.2, 0) is 12.3 Å². The highest BCUT2D eigenvalue weighted by atomic mass is 19.4. The van der Waals surface area contributed by atoms with Gasteiger partial charge in [0.05, 0.1) is 0 Å². The maximum atomic E-state index is 14.8. The molecule has 2 aromatic carbocycles. The maximum Gasteiger partial charge on any atom is 0.432 e. The van der Waals surface area contributed by atoms with Crippen LogP contribution < -0.4 is 4.74 Å². The molecular weight excluding hydrogens is 547 g/mol. The van der Waals surface area contributed by atoms with E-state index in [2.05, 4.69) is 11.7 Å². The van der Waals surface area contributed by atoms with Crippen molar-refractivity contribution in [3.63, 3.8) is 0 Å². The summed E-state index contributed by atoms with van der Waals surface area (Å²) in [6.07, 6.45) is 1.59. The average molecular weight is 581 g/mol. The normalized spacial score (nSPS) is 24.2. The van der Waals surface area contributed by atoms with E-state index in [1.54, 1.807) is 0 Å². The van der Waals surface area contributed by atoms with Gasteiger partial charge in [0.2, 0.25) is 0 Å². The van der Waals surface area contributed by atoms with Gasteiger partial charge in [-0.2, -0.15) is 22.0 Å². The van der Waals surface area contributed by atoms with Crippen molar-refractivity contribution >= 4 is 0 Å². The molecule has 0 bridgehead atoms. The number of hydrogen-bond donors (Lipinski definition) is 0. The first-order chi connectivity index (χ1) is 18.8. The van der Waals surface area contributed by atoms with E-state index in [1.165, 1.54) is 44.9 Å². The molecule has 1 nitrogen and oxygen atoms in total. The van der Waals surface area contributed by atoms with Crippen LogP contribution in [0.1, 0.15) is 100 Å². The Bertz CT molecular complexity index is 1110. The van der Waals surface area contributed by atoms with Crippen molar-refractivity contribution in [2.24, 2.45) is 17.8 Å². The van der Waals surface area contributed by atoms with Crippen LogP contribution in [0.25, 0.3) is 0 Å². The van der Waals surface area contributed by atoms with Gasteiger partial charge in [-0.25, -0.2) is 17.6 Å². The van der Waals surface area contributed by atoms with Gasteiger partial charge in [-0.15, -0.1) is 0 Å². The molecule has 2 saturated carbocycles. The molecule has 2 fully saturated rings. The summed E-state index contributed by atoms with van der Waals surface area (Å²) in [6, 6.07) is 1.40. The molecule has 0 amide bonds. The standard InChI is InChI=1S/C30H33F9O/c1-2-3-4-17-5-7-18(8-6-17)19-9-11-20(12-10-19)21-13-23(31)28(24(32)14-21)30(38,39)40-22-15-25(33)27(26(34)16-22)29(35,36)37/h13-20H,2-12H2,1H3. The summed E-state index contributed by atoms with van der Waals surface area (Å²) in [5, 5.41) is 0. The van der Waals surface area contributed by atoms with Crippen LogP contribution in [0.4, 0.5) is 39.5 Å². The Kier molecular flexibility index (Phi) is 9.35. The predicted molar refractivity (Wildman–Crippen MR) is 132 cm³/mol. The SMILES string of the molecule is CCCCC1CCC(C2CCC(c3cc(F)c(C(F)(F)Oc4cc(F)c(C(F)(F)F)c(F)c4)c(F)c3)CC2)CC1. The molecule has 4 rings (SSSR count). The van der Waals surface area contributed by atoms with Gasteiger partial charge in [0, 0.05) is 12.1 Å². The van der Waals surface area contributed by atoms with Crippen molar-refractivity contribution < 1.29 is 44.3 Å². The van der Waals surface area contributed by atoms with E-state index in [-0.39, 0.29) is 23.6 Å². The molecule has 0 unspecified atom stereocenters. The lowest BCUT2D eigenvalue weighted by molar-refractivity contribution is -0.189. The second-order valence-corrected chi connectivity index (χ2v) is 11.3. The lowest BCUT2D eigenvalue weighted by atomic mass is 9.68. The van der Waals surface area contributed by atoms with Crippen LogP contribution >= 0.6 is 0 Å². The van der Waals surface area contributed by atoms with Gasteiger partial charge in [0.1, 0.15) is 40.1 Å². The summed E-state index contributed by atoms with van der Waals surface area (Å²) in [7, 11) is 0. The van der Waals surface area contributed by atoms with Crippen molar-refractivity contribution in [1.82, 2.24) is 0 Å². The number of halogens is 9. The summed E-state index contributed by atoms with van der Waals surface area (Å²) >= 11 is 0. The number of rotatable bonds is 8. The largest absolute Gasteiger partial charge is 0.432 e. The number of benzene rings is 2. The fraction of sp³-hybridized carbons (Fsp3) is 0.600. The number of alkyl halides is 5. The van der Waals surface area contributed by atoms with E-state index >= 15 is 0 Å². The molecule has 40 heavy (non-hydrogen) atoms. The maximum absolute atomic E-state index is 14.8. The van der Waals surface area contributed by atoms with E-state index in [9.17, 15) is 39.5 Å². The molecule has 222 valence electrons. The van der Waals surface area contributed by atoms with Crippen molar-refractivity contribution in [2.45, 2.75) is 95.8 Å². The fourth-order valence-corrected chi connectivity index (χ4v) is 6.55. The van der Waals surface area contributed by atoms with E-state index < -0.39 is 52.4 Å². The molecule has 2 aliphatic carbocycles. The third kappa shape index (κ3) is 6.90. The summed E-state index contributed by atoms with van der Waals surface area (Å²) in [4.78, 5) is 0. The first-order valence-corrected chi connectivity index (χ1v) is 13.9. The topological polar surface area (TPSA) is 9.23 Å². The Hall–Kier alpha value is -2.39. The smallest absolute Gasteiger partial charge is 0.429 e. The molecule has 0 heterocycles. The molecule has 2 aromatic rings. The van der Waals surface area contributed by atoms with Gasteiger partial charge >= 0.3 is 12.3 Å². The van der Waals surface area contributed by atoms with Crippen molar-refractivity contribution in [3.8, 4) is 5.75 Å². The minimum atomic E-state index is -5.42. The molecule has 0 aliphatic heterocycles. The highest BCUT2D eigenvalue weighted by molar-refractivity contribution is 5.35. The van der Waals surface area contributed by atoms with Crippen molar-refractivity contribution in [1.29, 1.82) is 0 Å². The molecule has 0 radical (unpaired) electrons. The van der Waals surface area contributed by atoms with Gasteiger partial charge in [0.25, 0.3) is 0 Å². The summed E-state index contributed by atoms with van der Waals surface area (Å²) in [5.41, 5.74) is -3.84. The zero-order valence-electron chi connectivity index (χ0n) is 22.2. The third-order valence-corrected chi connectivity index (χ3v) is 8.67. The second kappa shape index (κ2) is 12.2. The zero-order valence-corrected chi connectivity index (χ0v) is 22.2. The van der Waals surface area contributed by atoms with E-state index in [0.29, 0.717) is 24.7 Å². The first kappa shape index (κ1) is 30.6. The highest BCUT2D eigenvalue weighted by Crippen LogP contribution is 2.46. The third-order valence-electron chi connectivity index (χ3n) is 8.67. The Morgan fingerprint density at radius 3 is 1.62 bits per heavy atom. The van der Waals surface area contributed by atoms with Crippen LogP contribution in [0.2, 0.25) is 0 Å². The Morgan fingerprint density at radius 1 is 0.675 bits per heavy atom. The highest BCUT2D eigenvalue weighted by Gasteiger charge is 2.43. The lowest BCUT2D eigenvalue weighted by Crippen LogP contribution is -2.27. The van der Waals surface area contributed by atoms with E-state index in [4.69, 9.17) is 0 Å². The number of unbranched alkanes of at least 4 members (excludes halogenated alkanes) is 1. The fourth-order valence-electron chi connectivity index (χ4n) is 6.55. The first-order valence-electron chi connectivity index (χ1n) is 13.9. The summed E-state index contributed by atoms with van der Waals surface area (Å²) in [5.74, 6) is -7.19. The molecular formula is C30H33F9O. The van der Waals surface area contributed by atoms with Crippen LogP contribution in [0.15, 0.2) is 24.3 Å². The van der Waals surface area contributed by atoms with Gasteiger partial charge in [0.15, 0.2) is 0 Å². The molecule has 0 atom stereocenters. The minimum Gasteiger partial charge on any atom is -0.429 e. The van der Waals surface area contributed by atoms with E-state index in [0.717, 1.165) is 30.9 Å². The van der Waals surface area contributed by atoms with Gasteiger partial charge < -0.3 is 4.74 Å². The Labute approximate surface area is 228 Å². The molecule has 10 heteroatoms. The molecule has 0 spiro atoms. The van der Waals surface area contributed by atoms with E-state index in [1.807, 2.05) is 0 Å². The Morgan fingerprint density at radius 2 is 1.15 bits per heavy atom. The Balaban J connectivity index is 1.41. The van der Waals surface area contributed by atoms with Crippen LogP contribution in [0, 0.1) is 41.0 Å². The zero-order chi connectivity index (χ0) is 29.2. The minimum absolute atomic E-state index is 0.111. The van der Waals surface area contributed by atoms with Gasteiger partial charge in [-0.3, -0.25) is 0 Å². The monoisotopic (exact) mass is 580 g/mol. The van der Waals surface area contributed by atoms with Crippen molar-refractivity contribution in [2.75, 3.05) is 0 Å². The van der Waals surface area contributed by atoms with Crippen LogP contribution in [-0.4, -0.2) is 0 Å². The van der Waals surface area contributed by atoms with Crippen molar-refractivity contribution in [3.05, 3.63) is 64.2 Å². The molecule has 2 aliphatic rings. The van der Waals surface area contributed by atoms with Crippen LogP contribution in [0.5, 0.6) is 5.75 Å². The lowest BCUT2D eigenvalue weighted by Gasteiger charge is -2.38. The van der Waals surface area contributed by atoms with Crippen LogP contribution in [0.3, 0.4) is 0 Å². The number of hydrogen-bond acceptors (Lipinski definition) is 1. The summed E-state index contributed by atoms with van der Waals surface area (Å²) in [6.45, 7) is 2.20. The molecule has 0 N–H and O–H groups in total. The summed E-state index contributed by atoms with van der Waals surface area (Å²) < 4.78 is 129. The quantitative estimate of drug-likeness (QED) is 0.282. The van der Waals surface area contributed by atoms with Gasteiger partial charge in [-0.1, -0.05) is 39.0 Å². The average Bonchev–Trinajstić information content (AvgIpc) is 2.85. The predicted octanol–water partition coefficient (Wildman–Crippen LogP) is 10.7.